The monoisotopic (exact) mass is 689 g/mol. The standard InChI is InChI=1S/C50H31N3O/c1-4-15-32(16-5-1)35-29-41(33-17-6-2-7-18-33)49-42(30-35)47-40(23-14-26-46(47)54-49)50-51-43-24-12-10-22-39(43)48(52-50)34-27-28-38-37-21-11-13-25-44(37)53(45(38)31-34)36-19-8-3-9-20-36/h1-31H. The molecule has 0 bridgehead atoms. The normalized spacial score (nSPS) is 11.7. The van der Waals surface area contributed by atoms with E-state index in [2.05, 4.69) is 168 Å². The Hall–Kier alpha value is -7.30. The average Bonchev–Trinajstić information content (AvgIpc) is 3.79. The van der Waals surface area contributed by atoms with Crippen molar-refractivity contribution in [2.75, 3.05) is 0 Å². The summed E-state index contributed by atoms with van der Waals surface area (Å²) in [5.41, 5.74) is 13.3. The fraction of sp³-hybridized carbons (Fsp3) is 0. The Morgan fingerprint density at radius 3 is 1.91 bits per heavy atom. The van der Waals surface area contributed by atoms with Crippen LogP contribution in [0.1, 0.15) is 0 Å². The Labute approximate surface area is 311 Å². The summed E-state index contributed by atoms with van der Waals surface area (Å²) in [5, 5.41) is 5.47. The summed E-state index contributed by atoms with van der Waals surface area (Å²) < 4.78 is 9.12. The molecule has 252 valence electrons. The van der Waals surface area contributed by atoms with Gasteiger partial charge >= 0.3 is 0 Å². The molecule has 0 radical (unpaired) electrons. The van der Waals surface area contributed by atoms with Crippen molar-refractivity contribution in [1.82, 2.24) is 14.5 Å². The van der Waals surface area contributed by atoms with Gasteiger partial charge in [0.15, 0.2) is 5.82 Å². The maximum atomic E-state index is 6.77. The van der Waals surface area contributed by atoms with Gasteiger partial charge in [0.25, 0.3) is 0 Å². The summed E-state index contributed by atoms with van der Waals surface area (Å²) >= 11 is 0. The molecule has 0 aliphatic carbocycles. The maximum Gasteiger partial charge on any atom is 0.161 e. The molecule has 0 fully saturated rings. The van der Waals surface area contributed by atoms with Gasteiger partial charge in [-0.15, -0.1) is 0 Å². The maximum absolute atomic E-state index is 6.77. The molecule has 0 unspecified atom stereocenters. The molecule has 11 rings (SSSR count). The second-order valence-corrected chi connectivity index (χ2v) is 13.7. The van der Waals surface area contributed by atoms with Crippen LogP contribution in [0.4, 0.5) is 0 Å². The molecule has 4 heteroatoms. The van der Waals surface area contributed by atoms with Gasteiger partial charge < -0.3 is 8.98 Å². The second kappa shape index (κ2) is 12.1. The number of nitrogens with zero attached hydrogens (tertiary/aromatic N) is 3. The van der Waals surface area contributed by atoms with Crippen molar-refractivity contribution in [3.05, 3.63) is 188 Å². The molecule has 0 aliphatic heterocycles. The highest BCUT2D eigenvalue weighted by Crippen LogP contribution is 2.43. The molecule has 54 heavy (non-hydrogen) atoms. The zero-order valence-electron chi connectivity index (χ0n) is 29.1. The van der Waals surface area contributed by atoms with Crippen molar-refractivity contribution >= 4 is 54.6 Å². The van der Waals surface area contributed by atoms with E-state index < -0.39 is 0 Å². The lowest BCUT2D eigenvalue weighted by Gasteiger charge is -2.12. The first-order valence-corrected chi connectivity index (χ1v) is 18.2. The summed E-state index contributed by atoms with van der Waals surface area (Å²) in [4.78, 5) is 10.7. The van der Waals surface area contributed by atoms with Crippen molar-refractivity contribution in [3.8, 4) is 50.6 Å². The van der Waals surface area contributed by atoms with Gasteiger partial charge in [0.2, 0.25) is 0 Å². The number of furan rings is 1. The van der Waals surface area contributed by atoms with Gasteiger partial charge in [0, 0.05) is 49.3 Å². The summed E-state index contributed by atoms with van der Waals surface area (Å²) in [5.74, 6) is 0.659. The minimum absolute atomic E-state index is 0.659. The lowest BCUT2D eigenvalue weighted by Crippen LogP contribution is -1.97. The van der Waals surface area contributed by atoms with Gasteiger partial charge in [0.1, 0.15) is 11.2 Å². The Balaban J connectivity index is 1.17. The van der Waals surface area contributed by atoms with Gasteiger partial charge in [-0.1, -0.05) is 140 Å². The summed E-state index contributed by atoms with van der Waals surface area (Å²) in [6.07, 6.45) is 0. The largest absolute Gasteiger partial charge is 0.455 e. The topological polar surface area (TPSA) is 43.9 Å². The van der Waals surface area contributed by atoms with Crippen LogP contribution >= 0.6 is 0 Å². The average molecular weight is 690 g/mol. The highest BCUT2D eigenvalue weighted by molar-refractivity contribution is 6.17. The third-order valence-electron chi connectivity index (χ3n) is 10.6. The summed E-state index contributed by atoms with van der Waals surface area (Å²) in [7, 11) is 0. The first-order chi connectivity index (χ1) is 26.8. The molecule has 0 saturated heterocycles. The first kappa shape index (κ1) is 30.3. The minimum Gasteiger partial charge on any atom is -0.455 e. The van der Waals surface area contributed by atoms with Gasteiger partial charge in [-0.3, -0.25) is 0 Å². The molecular weight excluding hydrogens is 659 g/mol. The third-order valence-corrected chi connectivity index (χ3v) is 10.6. The number of benzene rings is 8. The van der Waals surface area contributed by atoms with Gasteiger partial charge in [-0.2, -0.15) is 0 Å². The van der Waals surface area contributed by atoms with Crippen LogP contribution in [0, 0.1) is 0 Å². The van der Waals surface area contributed by atoms with Crippen molar-refractivity contribution in [1.29, 1.82) is 0 Å². The van der Waals surface area contributed by atoms with Crippen LogP contribution in [0.15, 0.2) is 192 Å². The molecule has 0 atom stereocenters. The van der Waals surface area contributed by atoms with E-state index in [1.54, 1.807) is 0 Å². The quantitative estimate of drug-likeness (QED) is 0.181. The first-order valence-electron chi connectivity index (χ1n) is 18.2. The summed E-state index contributed by atoms with van der Waals surface area (Å²) in [6, 6.07) is 66.0. The van der Waals surface area contributed by atoms with Crippen molar-refractivity contribution in [2.45, 2.75) is 0 Å². The number of hydrogen-bond acceptors (Lipinski definition) is 3. The summed E-state index contributed by atoms with van der Waals surface area (Å²) in [6.45, 7) is 0. The molecule has 0 saturated carbocycles. The van der Waals surface area contributed by atoms with E-state index in [4.69, 9.17) is 14.4 Å². The van der Waals surface area contributed by atoms with Crippen molar-refractivity contribution in [2.24, 2.45) is 0 Å². The SMILES string of the molecule is c1ccc(-c2cc(-c3ccccc3)c3oc4cccc(-c5nc(-c6ccc7c8ccccc8n(-c8ccccc8)c7c6)c6ccccc6n5)c4c3c2)cc1. The zero-order chi connectivity index (χ0) is 35.6. The second-order valence-electron chi connectivity index (χ2n) is 13.7. The van der Waals surface area contributed by atoms with Gasteiger partial charge in [0.05, 0.1) is 22.2 Å². The van der Waals surface area contributed by atoms with Gasteiger partial charge in [-0.25, -0.2) is 9.97 Å². The van der Waals surface area contributed by atoms with Crippen molar-refractivity contribution in [3.63, 3.8) is 0 Å². The molecular formula is C50H31N3O. The van der Waals surface area contributed by atoms with E-state index in [1.165, 1.54) is 16.3 Å². The fourth-order valence-corrected chi connectivity index (χ4v) is 8.13. The molecule has 3 heterocycles. The predicted octanol–water partition coefficient (Wildman–Crippen LogP) is 13.3. The number of para-hydroxylation sites is 3. The van der Waals surface area contributed by atoms with Gasteiger partial charge in [-0.05, 0) is 65.2 Å². The molecule has 0 amide bonds. The Bertz CT molecular complexity index is 3200. The third kappa shape index (κ3) is 4.78. The highest BCUT2D eigenvalue weighted by atomic mass is 16.3. The van der Waals surface area contributed by atoms with Crippen LogP contribution < -0.4 is 0 Å². The highest BCUT2D eigenvalue weighted by Gasteiger charge is 2.21. The van der Waals surface area contributed by atoms with Crippen LogP contribution in [0.3, 0.4) is 0 Å². The van der Waals surface area contributed by atoms with Crippen LogP contribution in [-0.2, 0) is 0 Å². The molecule has 0 N–H and O–H groups in total. The predicted molar refractivity (Wildman–Crippen MR) is 223 cm³/mol. The van der Waals surface area contributed by atoms with Crippen LogP contribution in [0.5, 0.6) is 0 Å². The fourth-order valence-electron chi connectivity index (χ4n) is 8.13. The minimum atomic E-state index is 0.659. The number of hydrogen-bond donors (Lipinski definition) is 0. The lowest BCUT2D eigenvalue weighted by molar-refractivity contribution is 0.670. The molecule has 3 aromatic heterocycles. The molecule has 11 aromatic rings. The number of aromatic nitrogens is 3. The number of rotatable bonds is 5. The van der Waals surface area contributed by atoms with E-state index in [-0.39, 0.29) is 0 Å². The van der Waals surface area contributed by atoms with Crippen LogP contribution in [0.2, 0.25) is 0 Å². The van der Waals surface area contributed by atoms with E-state index in [1.807, 2.05) is 24.3 Å². The molecule has 8 aromatic carbocycles. The van der Waals surface area contributed by atoms with E-state index >= 15 is 0 Å². The number of fused-ring (bicyclic) bond motifs is 7. The lowest BCUT2D eigenvalue weighted by atomic mass is 9.94. The molecule has 4 nitrogen and oxygen atoms in total. The smallest absolute Gasteiger partial charge is 0.161 e. The Morgan fingerprint density at radius 2 is 1.09 bits per heavy atom. The zero-order valence-corrected chi connectivity index (χ0v) is 29.1. The Kier molecular flexibility index (Phi) is 6.82. The Morgan fingerprint density at radius 1 is 0.407 bits per heavy atom. The van der Waals surface area contributed by atoms with Crippen LogP contribution in [0.25, 0.3) is 105 Å². The van der Waals surface area contributed by atoms with E-state index in [9.17, 15) is 0 Å². The van der Waals surface area contributed by atoms with Crippen molar-refractivity contribution < 1.29 is 4.42 Å². The van der Waals surface area contributed by atoms with Crippen LogP contribution in [-0.4, -0.2) is 14.5 Å². The van der Waals surface area contributed by atoms with E-state index in [0.29, 0.717) is 5.82 Å². The molecule has 0 aliphatic rings. The van der Waals surface area contributed by atoms with E-state index in [0.717, 1.165) is 83.1 Å². The molecule has 0 spiro atoms.